The first-order chi connectivity index (χ1) is 9.68. The number of hydrogen-bond donors (Lipinski definition) is 1. The van der Waals surface area contributed by atoms with Crippen molar-refractivity contribution < 1.29 is 19.4 Å². The predicted octanol–water partition coefficient (Wildman–Crippen LogP) is 1.46. The van der Waals surface area contributed by atoms with Crippen LogP contribution in [0.15, 0.2) is 24.3 Å². The van der Waals surface area contributed by atoms with Crippen molar-refractivity contribution in [2.45, 2.75) is 25.3 Å². The number of rotatable bonds is 2. The molecule has 2 atom stereocenters. The van der Waals surface area contributed by atoms with Crippen LogP contribution in [0.2, 0.25) is 0 Å². The van der Waals surface area contributed by atoms with Crippen LogP contribution in [0.5, 0.6) is 0 Å². The molecule has 1 aromatic carbocycles. The number of nitrogens with zero attached hydrogens (tertiary/aromatic N) is 1. The van der Waals surface area contributed by atoms with Gasteiger partial charge in [-0.05, 0) is 24.5 Å². The molecule has 1 N–H and O–H groups in total. The van der Waals surface area contributed by atoms with Crippen molar-refractivity contribution >= 4 is 17.6 Å². The minimum absolute atomic E-state index is 0.123. The van der Waals surface area contributed by atoms with Crippen molar-refractivity contribution in [3.63, 3.8) is 0 Å². The van der Waals surface area contributed by atoms with E-state index < -0.39 is 12.0 Å². The van der Waals surface area contributed by atoms with E-state index in [-0.39, 0.29) is 11.8 Å². The number of fused-ring (bicyclic) bond motifs is 1. The quantitative estimate of drug-likeness (QED) is 0.887. The zero-order valence-electron chi connectivity index (χ0n) is 11.1. The van der Waals surface area contributed by atoms with Gasteiger partial charge in [-0.25, -0.2) is 4.79 Å². The molecule has 1 saturated heterocycles. The van der Waals surface area contributed by atoms with E-state index in [1.54, 1.807) is 0 Å². The molecule has 1 fully saturated rings. The van der Waals surface area contributed by atoms with E-state index >= 15 is 0 Å². The van der Waals surface area contributed by atoms with Crippen molar-refractivity contribution in [1.82, 2.24) is 0 Å². The summed E-state index contributed by atoms with van der Waals surface area (Å²) in [7, 11) is 0. The van der Waals surface area contributed by atoms with Gasteiger partial charge in [0.2, 0.25) is 5.91 Å². The van der Waals surface area contributed by atoms with Crippen LogP contribution < -0.4 is 4.90 Å². The van der Waals surface area contributed by atoms with Gasteiger partial charge in [0.15, 0.2) is 0 Å². The maximum atomic E-state index is 12.7. The lowest BCUT2D eigenvalue weighted by molar-refractivity contribution is -0.140. The Morgan fingerprint density at radius 2 is 2.10 bits per heavy atom. The maximum Gasteiger partial charge on any atom is 0.327 e. The Hall–Kier alpha value is -1.88. The van der Waals surface area contributed by atoms with Crippen LogP contribution >= 0.6 is 0 Å². The first-order valence-electron chi connectivity index (χ1n) is 6.90. The molecular formula is C15H17NO4. The average Bonchev–Trinajstić information content (AvgIpc) is 2.87. The summed E-state index contributed by atoms with van der Waals surface area (Å²) in [6.45, 7) is 1.08. The molecule has 0 radical (unpaired) electrons. The SMILES string of the molecule is O=C(O)[C@@H]1Cc2ccccc2N1C(=O)C1CCCOC1. The fourth-order valence-electron chi connectivity index (χ4n) is 2.99. The number of aliphatic carboxylic acids is 1. The second kappa shape index (κ2) is 5.25. The monoisotopic (exact) mass is 275 g/mol. The van der Waals surface area contributed by atoms with Gasteiger partial charge < -0.3 is 9.84 Å². The molecule has 0 aliphatic carbocycles. The maximum absolute atomic E-state index is 12.7. The van der Waals surface area contributed by atoms with Gasteiger partial charge in [0, 0.05) is 18.7 Å². The van der Waals surface area contributed by atoms with Crippen molar-refractivity contribution in [3.8, 4) is 0 Å². The minimum Gasteiger partial charge on any atom is -0.480 e. The lowest BCUT2D eigenvalue weighted by atomic mass is 10.00. The van der Waals surface area contributed by atoms with Gasteiger partial charge in [-0.15, -0.1) is 0 Å². The Labute approximate surface area is 117 Å². The third kappa shape index (κ3) is 2.18. The highest BCUT2D eigenvalue weighted by atomic mass is 16.5. The van der Waals surface area contributed by atoms with E-state index in [0.717, 1.165) is 24.1 Å². The number of carbonyl (C=O) groups is 2. The van der Waals surface area contributed by atoms with Gasteiger partial charge in [-0.3, -0.25) is 9.69 Å². The molecule has 3 rings (SSSR count). The van der Waals surface area contributed by atoms with Gasteiger partial charge in [-0.2, -0.15) is 0 Å². The molecule has 5 nitrogen and oxygen atoms in total. The molecule has 2 aliphatic rings. The standard InChI is InChI=1S/C15H17NO4/c17-14(11-5-3-7-20-9-11)16-12-6-2-1-4-10(12)8-13(16)15(18)19/h1-2,4,6,11,13H,3,5,7-9H2,(H,18,19)/t11?,13-/m0/s1. The van der Waals surface area contributed by atoms with Gasteiger partial charge in [0.1, 0.15) is 6.04 Å². The highest BCUT2D eigenvalue weighted by Crippen LogP contribution is 2.34. The van der Waals surface area contributed by atoms with Crippen molar-refractivity contribution in [2.24, 2.45) is 5.92 Å². The molecule has 1 amide bonds. The summed E-state index contributed by atoms with van der Waals surface area (Å²) in [4.78, 5) is 25.6. The van der Waals surface area contributed by atoms with Crippen LogP contribution in [-0.4, -0.2) is 36.2 Å². The number of ether oxygens (including phenoxy) is 1. The van der Waals surface area contributed by atoms with Gasteiger partial charge in [0.05, 0.1) is 12.5 Å². The lowest BCUT2D eigenvalue weighted by Crippen LogP contribution is -2.47. The number of para-hydroxylation sites is 1. The summed E-state index contributed by atoms with van der Waals surface area (Å²) in [5, 5.41) is 9.38. The smallest absolute Gasteiger partial charge is 0.327 e. The number of hydrogen-bond acceptors (Lipinski definition) is 3. The molecule has 106 valence electrons. The Morgan fingerprint density at radius 1 is 1.30 bits per heavy atom. The van der Waals surface area contributed by atoms with E-state index in [2.05, 4.69) is 0 Å². The normalized spacial score (nSPS) is 25.3. The highest BCUT2D eigenvalue weighted by Gasteiger charge is 2.40. The first kappa shape index (κ1) is 13.1. The van der Waals surface area contributed by atoms with Crippen molar-refractivity contribution in [3.05, 3.63) is 29.8 Å². The number of benzene rings is 1. The van der Waals surface area contributed by atoms with Crippen molar-refractivity contribution in [1.29, 1.82) is 0 Å². The minimum atomic E-state index is -0.953. The van der Waals surface area contributed by atoms with E-state index in [4.69, 9.17) is 4.74 Å². The summed E-state index contributed by atoms with van der Waals surface area (Å²) in [6.07, 6.45) is 2.00. The van der Waals surface area contributed by atoms with Crippen molar-refractivity contribution in [2.75, 3.05) is 18.1 Å². The molecular weight excluding hydrogens is 258 g/mol. The summed E-state index contributed by atoms with van der Waals surface area (Å²) in [5.74, 6) is -1.30. The molecule has 0 spiro atoms. The van der Waals surface area contributed by atoms with Crippen LogP contribution in [0.1, 0.15) is 18.4 Å². The van der Waals surface area contributed by atoms with E-state index in [1.165, 1.54) is 4.90 Å². The number of anilines is 1. The molecule has 2 heterocycles. The zero-order chi connectivity index (χ0) is 14.1. The van der Waals surface area contributed by atoms with Gasteiger partial charge in [-0.1, -0.05) is 18.2 Å². The van der Waals surface area contributed by atoms with Crippen LogP contribution in [0, 0.1) is 5.92 Å². The summed E-state index contributed by atoms with van der Waals surface area (Å²) >= 11 is 0. The predicted molar refractivity (Wildman–Crippen MR) is 72.6 cm³/mol. The summed E-state index contributed by atoms with van der Waals surface area (Å²) in [5.41, 5.74) is 1.65. The second-order valence-electron chi connectivity index (χ2n) is 5.31. The molecule has 0 saturated carbocycles. The topological polar surface area (TPSA) is 66.8 Å². The fourth-order valence-corrected chi connectivity index (χ4v) is 2.99. The van der Waals surface area contributed by atoms with Gasteiger partial charge in [0.25, 0.3) is 0 Å². The Bertz CT molecular complexity index is 536. The largest absolute Gasteiger partial charge is 0.480 e. The van der Waals surface area contributed by atoms with Crippen LogP contribution in [0.4, 0.5) is 5.69 Å². The first-order valence-corrected chi connectivity index (χ1v) is 6.90. The molecule has 5 heteroatoms. The lowest BCUT2D eigenvalue weighted by Gasteiger charge is -2.29. The number of carboxylic acids is 1. The van der Waals surface area contributed by atoms with Crippen LogP contribution in [-0.2, 0) is 20.7 Å². The van der Waals surface area contributed by atoms with E-state index in [9.17, 15) is 14.7 Å². The van der Waals surface area contributed by atoms with Crippen LogP contribution in [0.3, 0.4) is 0 Å². The molecule has 0 aromatic heterocycles. The highest BCUT2D eigenvalue weighted by molar-refractivity contribution is 6.03. The number of amides is 1. The molecule has 1 aromatic rings. The van der Waals surface area contributed by atoms with Gasteiger partial charge >= 0.3 is 5.97 Å². The molecule has 1 unspecified atom stereocenters. The Kier molecular flexibility index (Phi) is 3.44. The Balaban J connectivity index is 1.91. The molecule has 0 bridgehead atoms. The average molecular weight is 275 g/mol. The zero-order valence-corrected chi connectivity index (χ0v) is 11.1. The van der Waals surface area contributed by atoms with Crippen LogP contribution in [0.25, 0.3) is 0 Å². The molecule has 2 aliphatic heterocycles. The third-order valence-corrected chi connectivity index (χ3v) is 4.01. The third-order valence-electron chi connectivity index (χ3n) is 4.01. The second-order valence-corrected chi connectivity index (χ2v) is 5.31. The summed E-state index contributed by atoms with van der Waals surface area (Å²) < 4.78 is 5.35. The van der Waals surface area contributed by atoms with E-state index in [0.29, 0.717) is 19.6 Å². The Morgan fingerprint density at radius 3 is 2.80 bits per heavy atom. The number of carbonyl (C=O) groups excluding carboxylic acids is 1. The summed E-state index contributed by atoms with van der Waals surface area (Å²) in [6, 6.07) is 6.62. The molecule has 20 heavy (non-hydrogen) atoms. The fraction of sp³-hybridized carbons (Fsp3) is 0.467. The van der Waals surface area contributed by atoms with E-state index in [1.807, 2.05) is 24.3 Å². The number of carboxylic acid groups (broad SMARTS) is 1.